The lowest BCUT2D eigenvalue weighted by molar-refractivity contribution is 1.39. The first-order valence-electron chi connectivity index (χ1n) is 8.01. The number of fused-ring (bicyclic) bond motifs is 1. The zero-order valence-corrected chi connectivity index (χ0v) is 15.1. The summed E-state index contributed by atoms with van der Waals surface area (Å²) in [5.74, 6) is 0. The second-order valence-electron chi connectivity index (χ2n) is 5.89. The Hall–Kier alpha value is -2.86. The van der Waals surface area contributed by atoms with Gasteiger partial charge < -0.3 is 0 Å². The van der Waals surface area contributed by atoms with Crippen LogP contribution < -0.4 is 0 Å². The molecule has 0 radical (unpaired) electrons. The minimum Gasteiger partial charge on any atom is -0.248 e. The molecule has 0 aliphatic rings. The van der Waals surface area contributed by atoms with Crippen LogP contribution in [0.25, 0.3) is 33.3 Å². The Kier molecular flexibility index (Phi) is 4.34. The molecule has 4 aromatic rings. The number of halogens is 2. The highest BCUT2D eigenvalue weighted by Crippen LogP contribution is 2.36. The molecule has 0 amide bonds. The van der Waals surface area contributed by atoms with Gasteiger partial charge in [0.15, 0.2) is 0 Å². The molecular weight excluding hydrogens is 363 g/mol. The van der Waals surface area contributed by atoms with Crippen molar-refractivity contribution in [2.45, 2.75) is 0 Å². The van der Waals surface area contributed by atoms with E-state index in [-0.39, 0.29) is 0 Å². The van der Waals surface area contributed by atoms with Crippen LogP contribution in [0, 0.1) is 11.3 Å². The summed E-state index contributed by atoms with van der Waals surface area (Å²) in [5.41, 5.74) is 5.12. The van der Waals surface area contributed by atoms with E-state index in [1.54, 1.807) is 12.1 Å². The zero-order chi connectivity index (χ0) is 18.1. The molecule has 1 heterocycles. The van der Waals surface area contributed by atoms with Crippen LogP contribution in [0.1, 0.15) is 5.56 Å². The van der Waals surface area contributed by atoms with E-state index in [1.807, 2.05) is 60.7 Å². The molecule has 3 aromatic carbocycles. The molecule has 0 atom stereocenters. The Morgan fingerprint density at radius 3 is 2.31 bits per heavy atom. The minimum atomic E-state index is 0.618. The molecule has 0 saturated carbocycles. The van der Waals surface area contributed by atoms with E-state index in [4.69, 9.17) is 33.4 Å². The van der Waals surface area contributed by atoms with Gasteiger partial charge in [-0.2, -0.15) is 5.26 Å². The van der Waals surface area contributed by atoms with Gasteiger partial charge in [0.2, 0.25) is 0 Å². The second kappa shape index (κ2) is 6.80. The van der Waals surface area contributed by atoms with Crippen LogP contribution >= 0.6 is 23.2 Å². The molecule has 0 saturated heterocycles. The van der Waals surface area contributed by atoms with Crippen LogP contribution in [-0.4, -0.2) is 4.98 Å². The fraction of sp³-hybridized carbons (Fsp3) is 0. The van der Waals surface area contributed by atoms with Gasteiger partial charge in [-0.15, -0.1) is 0 Å². The quantitative estimate of drug-likeness (QED) is 0.389. The summed E-state index contributed by atoms with van der Waals surface area (Å²) in [7, 11) is 0. The van der Waals surface area contributed by atoms with Crippen molar-refractivity contribution in [3.8, 4) is 28.5 Å². The Morgan fingerprint density at radius 2 is 1.58 bits per heavy atom. The maximum atomic E-state index is 9.00. The first kappa shape index (κ1) is 16.6. The van der Waals surface area contributed by atoms with Crippen molar-refractivity contribution in [2.24, 2.45) is 0 Å². The normalized spacial score (nSPS) is 10.7. The standard InChI is InChI=1S/C22H12Cl2N2/c23-16-9-10-21-19(11-16)18(17-3-1-2-4-20(17)24)12-22(26-21)15-7-5-14(13-25)6-8-15/h1-12H. The van der Waals surface area contributed by atoms with Crippen molar-refractivity contribution >= 4 is 34.1 Å². The average molecular weight is 375 g/mol. The van der Waals surface area contributed by atoms with Crippen LogP contribution in [0.2, 0.25) is 10.0 Å². The predicted molar refractivity (Wildman–Crippen MR) is 107 cm³/mol. The molecule has 0 fully saturated rings. The minimum absolute atomic E-state index is 0.618. The van der Waals surface area contributed by atoms with Crippen LogP contribution in [0.3, 0.4) is 0 Å². The molecule has 4 rings (SSSR count). The topological polar surface area (TPSA) is 36.7 Å². The number of pyridine rings is 1. The summed E-state index contributed by atoms with van der Waals surface area (Å²) in [5, 5.41) is 11.3. The van der Waals surface area contributed by atoms with Crippen LogP contribution in [0.15, 0.2) is 72.8 Å². The summed E-state index contributed by atoms with van der Waals surface area (Å²) in [6.07, 6.45) is 0. The molecule has 124 valence electrons. The van der Waals surface area contributed by atoms with Gasteiger partial charge in [-0.3, -0.25) is 0 Å². The molecular formula is C22H12Cl2N2. The molecule has 26 heavy (non-hydrogen) atoms. The summed E-state index contributed by atoms with van der Waals surface area (Å²) in [6, 6.07) is 24.9. The van der Waals surface area contributed by atoms with Crippen molar-refractivity contribution in [1.29, 1.82) is 5.26 Å². The van der Waals surface area contributed by atoms with E-state index in [9.17, 15) is 0 Å². The fourth-order valence-corrected chi connectivity index (χ4v) is 3.37. The molecule has 0 aliphatic heterocycles. The van der Waals surface area contributed by atoms with Crippen LogP contribution in [0.5, 0.6) is 0 Å². The highest BCUT2D eigenvalue weighted by Gasteiger charge is 2.12. The molecule has 0 bridgehead atoms. The molecule has 0 N–H and O–H groups in total. The third-order valence-corrected chi connectivity index (χ3v) is 4.81. The fourth-order valence-electron chi connectivity index (χ4n) is 2.96. The Labute approximate surface area is 161 Å². The first-order chi connectivity index (χ1) is 12.7. The number of nitrogens with zero attached hydrogens (tertiary/aromatic N) is 2. The largest absolute Gasteiger partial charge is 0.248 e. The van der Waals surface area contributed by atoms with Gasteiger partial charge in [-0.25, -0.2) is 4.98 Å². The van der Waals surface area contributed by atoms with Crippen molar-refractivity contribution < 1.29 is 0 Å². The monoisotopic (exact) mass is 374 g/mol. The Bertz CT molecular complexity index is 1160. The lowest BCUT2D eigenvalue weighted by atomic mass is 9.98. The number of hydrogen-bond donors (Lipinski definition) is 0. The molecule has 2 nitrogen and oxygen atoms in total. The smallest absolute Gasteiger partial charge is 0.0991 e. The highest BCUT2D eigenvalue weighted by atomic mass is 35.5. The van der Waals surface area contributed by atoms with Crippen molar-refractivity contribution in [2.75, 3.05) is 0 Å². The highest BCUT2D eigenvalue weighted by molar-refractivity contribution is 6.34. The summed E-state index contributed by atoms with van der Waals surface area (Å²) in [6.45, 7) is 0. The predicted octanol–water partition coefficient (Wildman–Crippen LogP) is 6.75. The Morgan fingerprint density at radius 1 is 0.808 bits per heavy atom. The number of nitriles is 1. The maximum absolute atomic E-state index is 9.00. The number of rotatable bonds is 2. The van der Waals surface area contributed by atoms with Crippen molar-refractivity contribution in [3.05, 3.63) is 88.4 Å². The van der Waals surface area contributed by atoms with E-state index in [0.717, 1.165) is 33.3 Å². The van der Waals surface area contributed by atoms with E-state index in [2.05, 4.69) is 6.07 Å². The summed E-state index contributed by atoms with van der Waals surface area (Å²) >= 11 is 12.7. The van der Waals surface area contributed by atoms with Gasteiger partial charge in [-0.05, 0) is 48.0 Å². The van der Waals surface area contributed by atoms with E-state index in [1.165, 1.54) is 0 Å². The molecule has 0 aliphatic carbocycles. The third kappa shape index (κ3) is 3.04. The van der Waals surface area contributed by atoms with E-state index in [0.29, 0.717) is 15.6 Å². The number of hydrogen-bond acceptors (Lipinski definition) is 2. The van der Waals surface area contributed by atoms with Crippen molar-refractivity contribution in [1.82, 2.24) is 4.98 Å². The Balaban J connectivity index is 2.00. The second-order valence-corrected chi connectivity index (χ2v) is 6.73. The SMILES string of the molecule is N#Cc1ccc(-c2cc(-c3ccccc3Cl)c3cc(Cl)ccc3n2)cc1. The van der Waals surface area contributed by atoms with E-state index < -0.39 is 0 Å². The average Bonchev–Trinajstić information content (AvgIpc) is 2.68. The summed E-state index contributed by atoms with van der Waals surface area (Å²) < 4.78 is 0. The van der Waals surface area contributed by atoms with Crippen LogP contribution in [-0.2, 0) is 0 Å². The number of aromatic nitrogens is 1. The van der Waals surface area contributed by atoms with Gasteiger partial charge in [-0.1, -0.05) is 53.5 Å². The third-order valence-electron chi connectivity index (χ3n) is 4.24. The number of benzene rings is 3. The van der Waals surface area contributed by atoms with Gasteiger partial charge in [0.1, 0.15) is 0 Å². The molecule has 0 spiro atoms. The zero-order valence-electron chi connectivity index (χ0n) is 13.6. The van der Waals surface area contributed by atoms with Crippen LogP contribution in [0.4, 0.5) is 0 Å². The molecule has 0 unspecified atom stereocenters. The first-order valence-corrected chi connectivity index (χ1v) is 8.77. The maximum Gasteiger partial charge on any atom is 0.0991 e. The van der Waals surface area contributed by atoms with Gasteiger partial charge in [0.05, 0.1) is 22.8 Å². The summed E-state index contributed by atoms with van der Waals surface area (Å²) in [4.78, 5) is 4.77. The lowest BCUT2D eigenvalue weighted by Crippen LogP contribution is -1.91. The van der Waals surface area contributed by atoms with Gasteiger partial charge in [0, 0.05) is 26.6 Å². The molecule has 4 heteroatoms. The van der Waals surface area contributed by atoms with Gasteiger partial charge >= 0.3 is 0 Å². The van der Waals surface area contributed by atoms with Gasteiger partial charge in [0.25, 0.3) is 0 Å². The van der Waals surface area contributed by atoms with E-state index >= 15 is 0 Å². The lowest BCUT2D eigenvalue weighted by Gasteiger charge is -2.12. The molecule has 1 aromatic heterocycles. The van der Waals surface area contributed by atoms with Crippen molar-refractivity contribution in [3.63, 3.8) is 0 Å².